The van der Waals surface area contributed by atoms with Gasteiger partial charge in [0.1, 0.15) is 23.6 Å². The summed E-state index contributed by atoms with van der Waals surface area (Å²) < 4.78 is 34.1. The minimum atomic E-state index is -3.08. The van der Waals surface area contributed by atoms with Gasteiger partial charge in [0.15, 0.2) is 5.65 Å². The number of aliphatic hydroxyl groups excluding tert-OH is 1. The predicted molar refractivity (Wildman–Crippen MR) is 139 cm³/mol. The van der Waals surface area contributed by atoms with E-state index in [1.54, 1.807) is 29.3 Å². The molecule has 5 rings (SSSR count). The van der Waals surface area contributed by atoms with Gasteiger partial charge in [-0.05, 0) is 43.4 Å². The van der Waals surface area contributed by atoms with E-state index in [2.05, 4.69) is 20.5 Å². The summed E-state index contributed by atoms with van der Waals surface area (Å²) in [7, 11) is 0. The average Bonchev–Trinajstić information content (AvgIpc) is 3.53. The fraction of sp³-hybridized carbons (Fsp3) is 0.320. The number of hydrogen-bond acceptors (Lipinski definition) is 8. The van der Waals surface area contributed by atoms with Gasteiger partial charge in [-0.15, -0.1) is 11.8 Å². The van der Waals surface area contributed by atoms with Crippen molar-refractivity contribution in [3.63, 3.8) is 0 Å². The predicted octanol–water partition coefficient (Wildman–Crippen LogP) is 3.15. The normalized spacial score (nSPS) is 14.2. The molecule has 1 fully saturated rings. The summed E-state index contributed by atoms with van der Waals surface area (Å²) in [5.74, 6) is -0.890. The van der Waals surface area contributed by atoms with Gasteiger partial charge in [-0.1, -0.05) is 0 Å². The first-order valence-electron chi connectivity index (χ1n) is 12.1. The maximum absolute atomic E-state index is 13.3. The maximum atomic E-state index is 13.3. The highest BCUT2D eigenvalue weighted by molar-refractivity contribution is 7.98. The van der Waals surface area contributed by atoms with Crippen LogP contribution in [0.5, 0.6) is 5.75 Å². The molecule has 1 aliphatic rings. The number of nitrogens with zero attached hydrogens (tertiary/aromatic N) is 6. The molecule has 0 atom stereocenters. The topological polar surface area (TPSA) is 127 Å². The Balaban J connectivity index is 1.51. The number of hydrogen-bond donors (Lipinski definition) is 2. The van der Waals surface area contributed by atoms with Gasteiger partial charge in [-0.3, -0.25) is 14.3 Å². The second kappa shape index (κ2) is 11.4. The number of likely N-dealkylation sites (tertiary alicyclic amines) is 1. The lowest BCUT2D eigenvalue weighted by Crippen LogP contribution is -2.41. The summed E-state index contributed by atoms with van der Waals surface area (Å²) in [5.41, 5.74) is 1.09. The molecule has 2 N–H and O–H groups in total. The second-order valence-electron chi connectivity index (χ2n) is 8.84. The second-order valence-corrected chi connectivity index (χ2v) is 9.72. The van der Waals surface area contributed by atoms with Crippen molar-refractivity contribution in [1.29, 1.82) is 0 Å². The lowest BCUT2D eigenvalue weighted by atomic mass is 10.1. The molecule has 204 valence electrons. The number of nitrogens with one attached hydrogen (secondary N) is 1. The molecule has 0 unspecified atom stereocenters. The van der Waals surface area contributed by atoms with E-state index in [1.165, 1.54) is 45.6 Å². The Morgan fingerprint density at radius 2 is 2.08 bits per heavy atom. The zero-order chi connectivity index (χ0) is 27.5. The Labute approximate surface area is 225 Å². The van der Waals surface area contributed by atoms with E-state index < -0.39 is 18.6 Å². The molecule has 0 aliphatic carbocycles. The number of anilines is 1. The number of amides is 2. The van der Waals surface area contributed by atoms with Crippen LogP contribution in [0.1, 0.15) is 23.2 Å². The first-order valence-corrected chi connectivity index (χ1v) is 13.3. The number of alkyl halides is 2. The zero-order valence-electron chi connectivity index (χ0n) is 20.8. The number of aliphatic hydroxyl groups is 1. The third-order valence-corrected chi connectivity index (χ3v) is 7.03. The van der Waals surface area contributed by atoms with E-state index in [0.29, 0.717) is 31.6 Å². The smallest absolute Gasteiger partial charge is 0.387 e. The van der Waals surface area contributed by atoms with E-state index in [1.807, 2.05) is 6.26 Å². The molecule has 3 aromatic heterocycles. The molecular weight excluding hydrogens is 532 g/mol. The molecule has 1 saturated heterocycles. The zero-order valence-corrected chi connectivity index (χ0v) is 21.6. The van der Waals surface area contributed by atoms with Crippen molar-refractivity contribution in [2.45, 2.75) is 37.0 Å². The van der Waals surface area contributed by atoms with Crippen LogP contribution in [0.3, 0.4) is 0 Å². The first kappa shape index (κ1) is 26.6. The number of piperidine rings is 1. The molecule has 0 radical (unpaired) electrons. The molecule has 1 aromatic carbocycles. The summed E-state index contributed by atoms with van der Waals surface area (Å²) >= 11 is 1.40. The molecule has 0 saturated carbocycles. The van der Waals surface area contributed by atoms with E-state index in [0.717, 1.165) is 4.90 Å². The number of carbonyl (C=O) groups is 2. The third kappa shape index (κ3) is 5.86. The van der Waals surface area contributed by atoms with Gasteiger partial charge in [-0.2, -0.15) is 19.0 Å². The molecule has 4 heterocycles. The van der Waals surface area contributed by atoms with Crippen LogP contribution >= 0.6 is 11.8 Å². The Bertz CT molecular complexity index is 1500. The molecule has 1 aliphatic heterocycles. The van der Waals surface area contributed by atoms with Crippen LogP contribution in [0.15, 0.2) is 53.9 Å². The average molecular weight is 558 g/mol. The van der Waals surface area contributed by atoms with Gasteiger partial charge in [-0.25, -0.2) is 9.50 Å². The number of aromatic nitrogens is 5. The van der Waals surface area contributed by atoms with Gasteiger partial charge in [0, 0.05) is 42.1 Å². The van der Waals surface area contributed by atoms with E-state index in [-0.39, 0.29) is 40.7 Å². The molecular formula is C25H25F2N7O4S. The maximum Gasteiger partial charge on any atom is 0.387 e. The van der Waals surface area contributed by atoms with Gasteiger partial charge >= 0.3 is 6.61 Å². The van der Waals surface area contributed by atoms with E-state index in [9.17, 15) is 23.5 Å². The third-order valence-electron chi connectivity index (χ3n) is 6.31. The number of fused-ring (bicyclic) bond motifs is 1. The quantitative estimate of drug-likeness (QED) is 0.317. The number of rotatable bonds is 8. The lowest BCUT2D eigenvalue weighted by Gasteiger charge is -2.29. The fourth-order valence-electron chi connectivity index (χ4n) is 4.34. The highest BCUT2D eigenvalue weighted by atomic mass is 32.2. The van der Waals surface area contributed by atoms with E-state index >= 15 is 0 Å². The van der Waals surface area contributed by atoms with Crippen LogP contribution in [0.4, 0.5) is 14.5 Å². The molecule has 39 heavy (non-hydrogen) atoms. The van der Waals surface area contributed by atoms with Crippen LogP contribution < -0.4 is 10.1 Å². The molecule has 0 spiro atoms. The SMILES string of the molecule is CSc1ccc(OC(F)F)c(-c2nn(CC(=O)N3CCC(O)CC3)cc2NC(=O)c2cnn3cccnc23)c1. The summed E-state index contributed by atoms with van der Waals surface area (Å²) in [6.07, 6.45) is 8.40. The minimum Gasteiger partial charge on any atom is -0.434 e. The van der Waals surface area contributed by atoms with Crippen molar-refractivity contribution >= 4 is 34.9 Å². The van der Waals surface area contributed by atoms with Gasteiger partial charge in [0.25, 0.3) is 5.91 Å². The highest BCUT2D eigenvalue weighted by Gasteiger charge is 2.25. The van der Waals surface area contributed by atoms with Gasteiger partial charge in [0.2, 0.25) is 5.91 Å². The van der Waals surface area contributed by atoms with Crippen molar-refractivity contribution in [2.24, 2.45) is 0 Å². The molecule has 2 amide bonds. The Kier molecular flexibility index (Phi) is 7.74. The van der Waals surface area contributed by atoms with Crippen LogP contribution in [-0.4, -0.2) is 78.3 Å². The summed E-state index contributed by atoms with van der Waals surface area (Å²) in [5, 5.41) is 21.2. The number of halogens is 2. The lowest BCUT2D eigenvalue weighted by molar-refractivity contribution is -0.134. The highest BCUT2D eigenvalue weighted by Crippen LogP contribution is 2.37. The largest absolute Gasteiger partial charge is 0.434 e. The van der Waals surface area contributed by atoms with E-state index in [4.69, 9.17) is 4.74 Å². The Morgan fingerprint density at radius 1 is 1.28 bits per heavy atom. The van der Waals surface area contributed by atoms with Gasteiger partial charge < -0.3 is 20.1 Å². The van der Waals surface area contributed by atoms with Crippen LogP contribution in [0.25, 0.3) is 16.9 Å². The molecule has 11 nitrogen and oxygen atoms in total. The number of thioether (sulfide) groups is 1. The Morgan fingerprint density at radius 3 is 2.82 bits per heavy atom. The Hall–Kier alpha value is -4.04. The monoisotopic (exact) mass is 557 g/mol. The molecule has 0 bridgehead atoms. The summed E-state index contributed by atoms with van der Waals surface area (Å²) in [4.78, 5) is 32.8. The number of ether oxygens (including phenoxy) is 1. The van der Waals surface area contributed by atoms with Crippen molar-refractivity contribution < 1.29 is 28.2 Å². The minimum absolute atomic E-state index is 0.127. The molecule has 4 aromatic rings. The summed E-state index contributed by atoms with van der Waals surface area (Å²) in [6.45, 7) is -2.39. The standard InChI is InChI=1S/C25H25F2N7O4S/c1-39-16-3-4-20(38-25(26)27)17(11-16)22-19(30-24(37)18-12-29-34-8-2-7-28-23(18)34)13-33(31-22)14-21(36)32-9-5-15(35)6-10-32/h2-4,7-8,11-13,15,25,35H,5-6,9-10,14H2,1H3,(H,30,37). The van der Waals surface area contributed by atoms with Crippen molar-refractivity contribution in [3.8, 4) is 17.0 Å². The number of benzene rings is 1. The number of carbonyl (C=O) groups excluding carboxylic acids is 2. The fourth-order valence-corrected chi connectivity index (χ4v) is 4.78. The van der Waals surface area contributed by atoms with Crippen molar-refractivity contribution in [2.75, 3.05) is 24.7 Å². The molecule has 14 heteroatoms. The van der Waals surface area contributed by atoms with Crippen LogP contribution in [-0.2, 0) is 11.3 Å². The van der Waals surface area contributed by atoms with Gasteiger partial charge in [0.05, 0.1) is 18.0 Å². The van der Waals surface area contributed by atoms with Crippen molar-refractivity contribution in [3.05, 3.63) is 54.6 Å². The van der Waals surface area contributed by atoms with Crippen molar-refractivity contribution in [1.82, 2.24) is 29.3 Å². The van der Waals surface area contributed by atoms with Crippen LogP contribution in [0.2, 0.25) is 0 Å². The van der Waals surface area contributed by atoms with Crippen LogP contribution in [0, 0.1) is 0 Å². The first-order chi connectivity index (χ1) is 18.8. The summed E-state index contributed by atoms with van der Waals surface area (Å²) in [6, 6.07) is 6.36.